The molecule has 0 aromatic rings. The normalized spacial score (nSPS) is 26.3. The van der Waals surface area contributed by atoms with Crippen LogP contribution in [0.3, 0.4) is 0 Å². The molecule has 88 valence electrons. The predicted molar refractivity (Wildman–Crippen MR) is 51.8 cm³/mol. The van der Waals surface area contributed by atoms with Gasteiger partial charge in [0.05, 0.1) is 7.11 Å². The van der Waals surface area contributed by atoms with E-state index in [1.165, 1.54) is 7.11 Å². The van der Waals surface area contributed by atoms with Gasteiger partial charge in [0.2, 0.25) is 5.92 Å². The SMILES string of the molecule is CCC(NC1CCC(F)(F)C1)C(=O)OC. The van der Waals surface area contributed by atoms with E-state index in [9.17, 15) is 13.6 Å². The van der Waals surface area contributed by atoms with Gasteiger partial charge in [-0.25, -0.2) is 8.78 Å². The average molecular weight is 221 g/mol. The summed E-state index contributed by atoms with van der Waals surface area (Å²) in [5.41, 5.74) is 0. The number of halogens is 2. The van der Waals surface area contributed by atoms with Crippen molar-refractivity contribution in [1.82, 2.24) is 5.32 Å². The maximum Gasteiger partial charge on any atom is 0.322 e. The number of hydrogen-bond donors (Lipinski definition) is 1. The van der Waals surface area contributed by atoms with Crippen LogP contribution in [0.4, 0.5) is 8.78 Å². The van der Waals surface area contributed by atoms with Gasteiger partial charge in [0.15, 0.2) is 0 Å². The van der Waals surface area contributed by atoms with Gasteiger partial charge < -0.3 is 10.1 Å². The summed E-state index contributed by atoms with van der Waals surface area (Å²) in [6.07, 6.45) is 0.692. The average Bonchev–Trinajstić information content (AvgIpc) is 2.53. The van der Waals surface area contributed by atoms with Crippen molar-refractivity contribution in [3.8, 4) is 0 Å². The molecule has 0 aliphatic heterocycles. The van der Waals surface area contributed by atoms with E-state index in [2.05, 4.69) is 10.1 Å². The van der Waals surface area contributed by atoms with Crippen molar-refractivity contribution in [1.29, 1.82) is 0 Å². The fraction of sp³-hybridized carbons (Fsp3) is 0.900. The Labute approximate surface area is 88.2 Å². The number of ether oxygens (including phenoxy) is 1. The zero-order valence-corrected chi connectivity index (χ0v) is 9.06. The van der Waals surface area contributed by atoms with Crippen LogP contribution in [-0.4, -0.2) is 31.1 Å². The number of nitrogens with one attached hydrogen (secondary N) is 1. The zero-order chi connectivity index (χ0) is 11.5. The van der Waals surface area contributed by atoms with Crippen molar-refractivity contribution < 1.29 is 18.3 Å². The van der Waals surface area contributed by atoms with Gasteiger partial charge in [-0.2, -0.15) is 0 Å². The molecule has 0 aromatic carbocycles. The second kappa shape index (κ2) is 4.88. The Kier molecular flexibility index (Phi) is 4.02. The van der Waals surface area contributed by atoms with E-state index in [4.69, 9.17) is 0 Å². The summed E-state index contributed by atoms with van der Waals surface area (Å²) in [6, 6.07) is -0.738. The molecule has 3 nitrogen and oxygen atoms in total. The van der Waals surface area contributed by atoms with Crippen molar-refractivity contribution in [2.45, 2.75) is 50.6 Å². The van der Waals surface area contributed by atoms with Crippen LogP contribution in [-0.2, 0) is 9.53 Å². The molecule has 0 saturated heterocycles. The molecule has 0 heterocycles. The third kappa shape index (κ3) is 3.41. The van der Waals surface area contributed by atoms with Crippen LogP contribution in [0, 0.1) is 0 Å². The lowest BCUT2D eigenvalue weighted by Crippen LogP contribution is -2.43. The van der Waals surface area contributed by atoms with E-state index in [1.807, 2.05) is 6.92 Å². The van der Waals surface area contributed by atoms with E-state index >= 15 is 0 Å². The number of carbonyl (C=O) groups excluding carboxylic acids is 1. The number of hydrogen-bond acceptors (Lipinski definition) is 3. The lowest BCUT2D eigenvalue weighted by Gasteiger charge is -2.19. The van der Waals surface area contributed by atoms with Gasteiger partial charge in [-0.1, -0.05) is 6.92 Å². The van der Waals surface area contributed by atoms with E-state index in [-0.39, 0.29) is 24.9 Å². The molecule has 0 amide bonds. The number of esters is 1. The Bertz CT molecular complexity index is 233. The van der Waals surface area contributed by atoms with Gasteiger partial charge in [0, 0.05) is 18.9 Å². The summed E-state index contributed by atoms with van der Waals surface area (Å²) in [7, 11) is 1.30. The second-order valence-corrected chi connectivity index (χ2v) is 3.95. The Hall–Kier alpha value is -0.710. The Morgan fingerprint density at radius 3 is 2.73 bits per heavy atom. The zero-order valence-electron chi connectivity index (χ0n) is 9.06. The topological polar surface area (TPSA) is 38.3 Å². The molecular formula is C10H17F2NO2. The highest BCUT2D eigenvalue weighted by Crippen LogP contribution is 2.34. The van der Waals surface area contributed by atoms with Crippen LogP contribution < -0.4 is 5.32 Å². The molecule has 1 N–H and O–H groups in total. The maximum absolute atomic E-state index is 12.9. The van der Waals surface area contributed by atoms with Crippen LogP contribution in [0.25, 0.3) is 0 Å². The first-order valence-electron chi connectivity index (χ1n) is 5.20. The van der Waals surface area contributed by atoms with Gasteiger partial charge in [-0.3, -0.25) is 4.79 Å². The van der Waals surface area contributed by atoms with Gasteiger partial charge in [-0.05, 0) is 12.8 Å². The third-order valence-electron chi connectivity index (χ3n) is 2.73. The molecule has 1 aliphatic carbocycles. The van der Waals surface area contributed by atoms with Crippen LogP contribution in [0.1, 0.15) is 32.6 Å². The number of alkyl halides is 2. The molecule has 1 rings (SSSR count). The highest BCUT2D eigenvalue weighted by molar-refractivity contribution is 5.75. The summed E-state index contributed by atoms with van der Waals surface area (Å²) in [6.45, 7) is 1.82. The standard InChI is InChI=1S/C10H17F2NO2/c1-3-8(9(14)15-2)13-7-4-5-10(11,12)6-7/h7-8,13H,3-6H2,1-2H3. The molecule has 2 unspecified atom stereocenters. The largest absolute Gasteiger partial charge is 0.468 e. The Morgan fingerprint density at radius 2 is 2.33 bits per heavy atom. The van der Waals surface area contributed by atoms with Crippen LogP contribution >= 0.6 is 0 Å². The lowest BCUT2D eigenvalue weighted by molar-refractivity contribution is -0.143. The minimum Gasteiger partial charge on any atom is -0.468 e. The van der Waals surface area contributed by atoms with E-state index in [0.717, 1.165) is 0 Å². The molecule has 0 aromatic heterocycles. The molecule has 1 aliphatic rings. The Morgan fingerprint density at radius 1 is 1.67 bits per heavy atom. The molecule has 1 fully saturated rings. The fourth-order valence-corrected chi connectivity index (χ4v) is 1.87. The lowest BCUT2D eigenvalue weighted by atomic mass is 10.1. The first kappa shape index (κ1) is 12.4. The molecule has 0 spiro atoms. The monoisotopic (exact) mass is 221 g/mol. The number of carbonyl (C=O) groups is 1. The van der Waals surface area contributed by atoms with Crippen molar-refractivity contribution in [3.05, 3.63) is 0 Å². The molecule has 0 radical (unpaired) electrons. The fourth-order valence-electron chi connectivity index (χ4n) is 1.87. The van der Waals surface area contributed by atoms with E-state index < -0.39 is 12.0 Å². The van der Waals surface area contributed by atoms with Gasteiger partial charge >= 0.3 is 5.97 Å². The highest BCUT2D eigenvalue weighted by Gasteiger charge is 2.40. The predicted octanol–water partition coefficient (Wildman–Crippen LogP) is 1.72. The minimum atomic E-state index is -2.58. The quantitative estimate of drug-likeness (QED) is 0.734. The highest BCUT2D eigenvalue weighted by atomic mass is 19.3. The van der Waals surface area contributed by atoms with Gasteiger partial charge in [-0.15, -0.1) is 0 Å². The summed E-state index contributed by atoms with van der Waals surface area (Å²) in [5.74, 6) is -2.96. The van der Waals surface area contributed by atoms with Crippen molar-refractivity contribution in [3.63, 3.8) is 0 Å². The molecule has 15 heavy (non-hydrogen) atoms. The maximum atomic E-state index is 12.9. The summed E-state index contributed by atoms with van der Waals surface area (Å²) >= 11 is 0. The molecule has 2 atom stereocenters. The molecule has 1 saturated carbocycles. The second-order valence-electron chi connectivity index (χ2n) is 3.95. The van der Waals surface area contributed by atoms with Crippen LogP contribution in [0.15, 0.2) is 0 Å². The molecule has 5 heteroatoms. The summed E-state index contributed by atoms with van der Waals surface area (Å²) < 4.78 is 30.3. The summed E-state index contributed by atoms with van der Waals surface area (Å²) in [4.78, 5) is 11.2. The first-order chi connectivity index (χ1) is 6.98. The van der Waals surface area contributed by atoms with E-state index in [1.54, 1.807) is 0 Å². The van der Waals surface area contributed by atoms with E-state index in [0.29, 0.717) is 12.8 Å². The van der Waals surface area contributed by atoms with Crippen molar-refractivity contribution in [2.75, 3.05) is 7.11 Å². The Balaban J connectivity index is 2.43. The van der Waals surface area contributed by atoms with Gasteiger partial charge in [0.1, 0.15) is 6.04 Å². The molecular weight excluding hydrogens is 204 g/mol. The van der Waals surface area contributed by atoms with Crippen LogP contribution in [0.2, 0.25) is 0 Å². The van der Waals surface area contributed by atoms with Crippen molar-refractivity contribution in [2.24, 2.45) is 0 Å². The van der Waals surface area contributed by atoms with Gasteiger partial charge in [0.25, 0.3) is 0 Å². The number of rotatable bonds is 4. The number of methoxy groups -OCH3 is 1. The smallest absolute Gasteiger partial charge is 0.322 e. The third-order valence-corrected chi connectivity index (χ3v) is 2.73. The minimum absolute atomic E-state index is 0.0950. The van der Waals surface area contributed by atoms with Crippen LogP contribution in [0.5, 0.6) is 0 Å². The summed E-state index contributed by atoms with van der Waals surface area (Å²) in [5, 5.41) is 2.92. The first-order valence-corrected chi connectivity index (χ1v) is 5.20. The molecule has 0 bridgehead atoms. The van der Waals surface area contributed by atoms with Crippen molar-refractivity contribution >= 4 is 5.97 Å².